The normalized spacial score (nSPS) is 15.8. The molecule has 10 nitrogen and oxygen atoms in total. The molecule has 4 aromatic rings. The van der Waals surface area contributed by atoms with Gasteiger partial charge in [-0.05, 0) is 45.1 Å². The van der Waals surface area contributed by atoms with E-state index in [0.29, 0.717) is 49.9 Å². The first-order valence-corrected chi connectivity index (χ1v) is 14.5. The first kappa shape index (κ1) is 27.0. The number of amides is 1. The Labute approximate surface area is 240 Å². The summed E-state index contributed by atoms with van der Waals surface area (Å²) in [6.45, 7) is 3.01. The lowest BCUT2D eigenvalue weighted by molar-refractivity contribution is -0.111. The molecule has 3 aromatic heterocycles. The van der Waals surface area contributed by atoms with E-state index in [1.165, 1.54) is 23.5 Å². The fourth-order valence-electron chi connectivity index (χ4n) is 5.01. The highest BCUT2D eigenvalue weighted by Gasteiger charge is 2.28. The van der Waals surface area contributed by atoms with Crippen molar-refractivity contribution < 1.29 is 9.18 Å². The molecule has 1 aliphatic heterocycles. The number of benzene rings is 1. The average Bonchev–Trinajstić information content (AvgIpc) is 3.66. The highest BCUT2D eigenvalue weighted by molar-refractivity contribution is 7.13. The van der Waals surface area contributed by atoms with Crippen molar-refractivity contribution in [3.8, 4) is 10.7 Å². The Bertz CT molecular complexity index is 1660. The lowest BCUT2D eigenvalue weighted by Crippen LogP contribution is -2.47. The van der Waals surface area contributed by atoms with Gasteiger partial charge in [-0.25, -0.2) is 19.3 Å². The van der Waals surface area contributed by atoms with Gasteiger partial charge < -0.3 is 24.6 Å². The largest absolute Gasteiger partial charge is 0.366 e. The number of piperazine rings is 1. The summed E-state index contributed by atoms with van der Waals surface area (Å²) in [6.07, 6.45) is 10.3. The zero-order valence-electron chi connectivity index (χ0n) is 23.0. The van der Waals surface area contributed by atoms with Crippen LogP contribution in [0.25, 0.3) is 21.6 Å². The van der Waals surface area contributed by atoms with Crippen LogP contribution in [0.3, 0.4) is 0 Å². The summed E-state index contributed by atoms with van der Waals surface area (Å²) in [7, 11) is 3.81. The van der Waals surface area contributed by atoms with Gasteiger partial charge in [0, 0.05) is 68.8 Å². The summed E-state index contributed by atoms with van der Waals surface area (Å²) in [6, 6.07) is 5.16. The summed E-state index contributed by atoms with van der Waals surface area (Å²) in [5, 5.41) is 5.72. The van der Waals surface area contributed by atoms with Gasteiger partial charge in [0.2, 0.25) is 17.3 Å². The number of rotatable bonds is 8. The van der Waals surface area contributed by atoms with Gasteiger partial charge in [0.05, 0.1) is 16.6 Å². The molecule has 0 spiro atoms. The third-order valence-corrected chi connectivity index (χ3v) is 8.03. The highest BCUT2D eigenvalue weighted by Crippen LogP contribution is 2.38. The van der Waals surface area contributed by atoms with Crippen LogP contribution in [0, 0.1) is 5.82 Å². The Morgan fingerprint density at radius 3 is 2.63 bits per heavy atom. The van der Waals surface area contributed by atoms with Gasteiger partial charge in [0.25, 0.3) is 0 Å². The van der Waals surface area contributed by atoms with Crippen molar-refractivity contribution in [1.82, 2.24) is 24.4 Å². The molecule has 2 fully saturated rings. The molecule has 1 aliphatic carbocycles. The SMILES string of the molecule is CN(C)C/C=C/C(=O)Nc1cn(C2CC2)c2cc(N3CCN(c4nccc(-c5nccs5)n4)CC3)c(F)cc2c1=O. The van der Waals surface area contributed by atoms with Gasteiger partial charge in [-0.2, -0.15) is 0 Å². The van der Waals surface area contributed by atoms with E-state index >= 15 is 4.39 Å². The number of pyridine rings is 1. The van der Waals surface area contributed by atoms with E-state index in [1.807, 2.05) is 39.9 Å². The van der Waals surface area contributed by atoms with Crippen molar-refractivity contribution in [2.75, 3.05) is 61.9 Å². The number of halogens is 1. The van der Waals surface area contributed by atoms with Crippen molar-refractivity contribution >= 4 is 45.5 Å². The lowest BCUT2D eigenvalue weighted by Gasteiger charge is -2.36. The molecule has 6 rings (SSSR count). The second-order valence-corrected chi connectivity index (χ2v) is 11.4. The highest BCUT2D eigenvalue weighted by atomic mass is 32.1. The third kappa shape index (κ3) is 5.84. The van der Waals surface area contributed by atoms with E-state index in [2.05, 4.69) is 20.2 Å². The van der Waals surface area contributed by atoms with Crippen LogP contribution in [0.15, 0.2) is 59.1 Å². The summed E-state index contributed by atoms with van der Waals surface area (Å²) in [5.74, 6) is -0.214. The van der Waals surface area contributed by atoms with Gasteiger partial charge in [-0.3, -0.25) is 9.59 Å². The summed E-state index contributed by atoms with van der Waals surface area (Å²) < 4.78 is 17.6. The van der Waals surface area contributed by atoms with Crippen LogP contribution in [0.1, 0.15) is 18.9 Å². The Morgan fingerprint density at radius 2 is 1.93 bits per heavy atom. The van der Waals surface area contributed by atoms with Crippen LogP contribution < -0.4 is 20.5 Å². The zero-order valence-corrected chi connectivity index (χ0v) is 23.8. The second-order valence-electron chi connectivity index (χ2n) is 10.5. The number of anilines is 3. The van der Waals surface area contributed by atoms with Crippen LogP contribution >= 0.6 is 11.3 Å². The van der Waals surface area contributed by atoms with E-state index in [4.69, 9.17) is 4.98 Å². The summed E-state index contributed by atoms with van der Waals surface area (Å²) in [5.41, 5.74) is 1.69. The van der Waals surface area contributed by atoms with Crippen LogP contribution in [0.5, 0.6) is 0 Å². The molecule has 12 heteroatoms. The zero-order chi connectivity index (χ0) is 28.5. The smallest absolute Gasteiger partial charge is 0.248 e. The van der Waals surface area contributed by atoms with E-state index in [-0.39, 0.29) is 23.0 Å². The molecule has 2 aliphatic rings. The number of aromatic nitrogens is 4. The standard InChI is InChI=1S/C29H31FN8O2S/c1-35(2)10-3-4-26(39)33-23-18-38(19-5-6-19)24-17-25(21(30)16-20(24)27(23)40)36-11-13-37(14-12-36)29-32-8-7-22(34-29)28-31-9-15-41-28/h3-4,7-9,15-19H,5-6,10-14H2,1-2H3,(H,33,39)/b4-3+. The molecule has 41 heavy (non-hydrogen) atoms. The predicted molar refractivity (Wildman–Crippen MR) is 160 cm³/mol. The molecule has 1 N–H and O–H groups in total. The number of carbonyl (C=O) groups excluding carboxylic acids is 1. The minimum Gasteiger partial charge on any atom is -0.366 e. The first-order valence-electron chi connectivity index (χ1n) is 13.6. The maximum absolute atomic E-state index is 15.6. The molecule has 0 unspecified atom stereocenters. The maximum Gasteiger partial charge on any atom is 0.248 e. The van der Waals surface area contributed by atoms with E-state index in [1.54, 1.807) is 30.7 Å². The molecule has 0 bridgehead atoms. The molecule has 1 saturated carbocycles. The monoisotopic (exact) mass is 574 g/mol. The molecule has 4 heterocycles. The molecule has 1 saturated heterocycles. The number of hydrogen-bond donors (Lipinski definition) is 1. The Morgan fingerprint density at radius 1 is 1.15 bits per heavy atom. The summed E-state index contributed by atoms with van der Waals surface area (Å²) >= 11 is 1.53. The average molecular weight is 575 g/mol. The fourth-order valence-corrected chi connectivity index (χ4v) is 5.61. The van der Waals surface area contributed by atoms with Gasteiger partial charge in [0.1, 0.15) is 22.2 Å². The van der Waals surface area contributed by atoms with Gasteiger partial charge in [-0.1, -0.05) is 6.08 Å². The molecular weight excluding hydrogens is 543 g/mol. The number of likely N-dealkylation sites (N-methyl/N-ethyl adjacent to an activating group) is 1. The van der Waals surface area contributed by atoms with Crippen molar-refractivity contribution in [1.29, 1.82) is 0 Å². The lowest BCUT2D eigenvalue weighted by atomic mass is 10.1. The Hall–Kier alpha value is -4.16. The Kier molecular flexibility index (Phi) is 7.50. The van der Waals surface area contributed by atoms with E-state index < -0.39 is 11.2 Å². The molecule has 0 atom stereocenters. The van der Waals surface area contributed by atoms with Crippen molar-refractivity contribution in [3.05, 3.63) is 70.4 Å². The van der Waals surface area contributed by atoms with Crippen molar-refractivity contribution in [2.45, 2.75) is 18.9 Å². The predicted octanol–water partition coefficient (Wildman–Crippen LogP) is 3.77. The molecule has 1 aromatic carbocycles. The quantitative estimate of drug-likeness (QED) is 0.318. The van der Waals surface area contributed by atoms with Crippen molar-refractivity contribution in [3.63, 3.8) is 0 Å². The minimum atomic E-state index is -0.457. The topological polar surface area (TPSA) is 99.5 Å². The van der Waals surface area contributed by atoms with Crippen LogP contribution in [0.2, 0.25) is 0 Å². The number of thiazole rings is 1. The fraction of sp³-hybridized carbons (Fsp3) is 0.345. The van der Waals surface area contributed by atoms with Crippen LogP contribution in [-0.2, 0) is 4.79 Å². The number of fused-ring (bicyclic) bond motifs is 1. The van der Waals surface area contributed by atoms with Gasteiger partial charge in [-0.15, -0.1) is 11.3 Å². The van der Waals surface area contributed by atoms with Crippen LogP contribution in [0.4, 0.5) is 21.7 Å². The maximum atomic E-state index is 15.6. The first-order chi connectivity index (χ1) is 19.9. The third-order valence-electron chi connectivity index (χ3n) is 7.24. The minimum absolute atomic E-state index is 0.157. The number of nitrogens with zero attached hydrogens (tertiary/aromatic N) is 7. The van der Waals surface area contributed by atoms with E-state index in [0.717, 1.165) is 23.5 Å². The summed E-state index contributed by atoms with van der Waals surface area (Å²) in [4.78, 5) is 45.3. The van der Waals surface area contributed by atoms with Gasteiger partial charge >= 0.3 is 0 Å². The number of nitrogens with one attached hydrogen (secondary N) is 1. The molecular formula is C29H31FN8O2S. The van der Waals surface area contributed by atoms with Crippen molar-refractivity contribution in [2.24, 2.45) is 0 Å². The van der Waals surface area contributed by atoms with Gasteiger partial charge in [0.15, 0.2) is 0 Å². The molecule has 0 radical (unpaired) electrons. The number of carbonyl (C=O) groups is 1. The number of hydrogen-bond acceptors (Lipinski definition) is 9. The van der Waals surface area contributed by atoms with Crippen LogP contribution in [-0.4, -0.2) is 77.1 Å². The molecule has 212 valence electrons. The Balaban J connectivity index is 1.23. The molecule has 1 amide bonds. The van der Waals surface area contributed by atoms with E-state index in [9.17, 15) is 9.59 Å². The second kappa shape index (κ2) is 11.4.